The van der Waals surface area contributed by atoms with E-state index in [9.17, 15) is 18.4 Å². The van der Waals surface area contributed by atoms with Crippen LogP contribution in [0.25, 0.3) is 0 Å². The summed E-state index contributed by atoms with van der Waals surface area (Å²) in [5, 5.41) is 15.0. The van der Waals surface area contributed by atoms with Crippen LogP contribution in [0.5, 0.6) is 0 Å². The van der Waals surface area contributed by atoms with Gasteiger partial charge in [0.2, 0.25) is 10.7 Å². The zero-order valence-corrected chi connectivity index (χ0v) is 17.8. The smallest absolute Gasteiger partial charge is 0.268 e. The van der Waals surface area contributed by atoms with E-state index in [2.05, 4.69) is 22.6 Å². The van der Waals surface area contributed by atoms with Crippen LogP contribution in [-0.4, -0.2) is 16.5 Å². The van der Waals surface area contributed by atoms with Crippen LogP contribution in [0.15, 0.2) is 66.2 Å². The Labute approximate surface area is 186 Å². The van der Waals surface area contributed by atoms with Crippen molar-refractivity contribution in [1.82, 2.24) is 15.3 Å². The molecule has 1 heterocycles. The van der Waals surface area contributed by atoms with E-state index in [1.165, 1.54) is 28.9 Å². The van der Waals surface area contributed by atoms with Crippen molar-refractivity contribution in [2.75, 3.05) is 5.43 Å². The second-order valence-electron chi connectivity index (χ2n) is 6.85. The second-order valence-corrected chi connectivity index (χ2v) is 7.71. The zero-order valence-electron chi connectivity index (χ0n) is 17.0. The number of aromatic nitrogens is 1. The van der Waals surface area contributed by atoms with Crippen LogP contribution in [0.1, 0.15) is 16.8 Å². The molecule has 2 amide bonds. The first-order chi connectivity index (χ1) is 15.3. The number of hydrogen-bond donors (Lipinski definition) is 4. The van der Waals surface area contributed by atoms with Crippen LogP contribution in [-0.2, 0) is 29.1 Å². The molecular weight excluding hydrogens is 436 g/mol. The highest BCUT2D eigenvalue weighted by Gasteiger charge is 2.13. The Morgan fingerprint density at radius 2 is 1.47 bits per heavy atom. The molecule has 0 aliphatic rings. The van der Waals surface area contributed by atoms with Crippen molar-refractivity contribution in [3.8, 4) is 0 Å². The molecule has 0 atom stereocenters. The lowest BCUT2D eigenvalue weighted by atomic mass is 10.2. The molecule has 0 unspecified atom stereocenters. The highest BCUT2D eigenvalue weighted by atomic mass is 32.1. The van der Waals surface area contributed by atoms with Gasteiger partial charge in [0, 0.05) is 18.5 Å². The molecule has 3 rings (SSSR count). The van der Waals surface area contributed by atoms with Crippen molar-refractivity contribution in [3.63, 3.8) is 0 Å². The summed E-state index contributed by atoms with van der Waals surface area (Å²) in [7, 11) is 0. The third-order valence-corrected chi connectivity index (χ3v) is 5.22. The van der Waals surface area contributed by atoms with Crippen molar-refractivity contribution in [3.05, 3.63) is 99.4 Å². The maximum absolute atomic E-state index is 13.0. The van der Waals surface area contributed by atoms with E-state index in [1.807, 2.05) is 0 Å². The number of amides is 2. The fourth-order valence-corrected chi connectivity index (χ4v) is 3.41. The fraction of sp³-hybridized carbons (Fsp3) is 0.136. The van der Waals surface area contributed by atoms with Gasteiger partial charge in [-0.15, -0.1) is 11.3 Å². The van der Waals surface area contributed by atoms with Crippen LogP contribution in [0.3, 0.4) is 0 Å². The normalized spacial score (nSPS) is 10.4. The van der Waals surface area contributed by atoms with Gasteiger partial charge in [0.05, 0.1) is 12.1 Å². The molecule has 0 spiro atoms. The first-order valence-corrected chi connectivity index (χ1v) is 10.4. The topological polar surface area (TPSA) is 99.0 Å². The van der Waals surface area contributed by atoms with Gasteiger partial charge in [-0.05, 0) is 35.4 Å². The molecule has 0 bridgehead atoms. The molecule has 166 valence electrons. The lowest BCUT2D eigenvalue weighted by Crippen LogP contribution is -2.35. The van der Waals surface area contributed by atoms with E-state index < -0.39 is 5.91 Å². The van der Waals surface area contributed by atoms with E-state index in [1.54, 1.807) is 29.6 Å². The van der Waals surface area contributed by atoms with Crippen molar-refractivity contribution in [2.45, 2.75) is 19.5 Å². The van der Waals surface area contributed by atoms with Crippen LogP contribution < -0.4 is 20.9 Å². The summed E-state index contributed by atoms with van der Waals surface area (Å²) in [5.41, 5.74) is 4.67. The predicted molar refractivity (Wildman–Crippen MR) is 117 cm³/mol. The Kier molecular flexibility index (Phi) is 7.50. The van der Waals surface area contributed by atoms with Gasteiger partial charge in [-0.3, -0.25) is 20.4 Å². The van der Waals surface area contributed by atoms with Crippen molar-refractivity contribution in [1.29, 1.82) is 5.41 Å². The second kappa shape index (κ2) is 10.5. The molecule has 0 radical (unpaired) electrons. The van der Waals surface area contributed by atoms with Crippen LogP contribution in [0.2, 0.25) is 0 Å². The Bertz CT molecular complexity index is 1170. The van der Waals surface area contributed by atoms with E-state index in [-0.39, 0.29) is 47.6 Å². The number of benzene rings is 2. The van der Waals surface area contributed by atoms with Gasteiger partial charge < -0.3 is 10.6 Å². The maximum atomic E-state index is 13.0. The van der Waals surface area contributed by atoms with Gasteiger partial charge in [0.15, 0.2) is 0 Å². The van der Waals surface area contributed by atoms with Gasteiger partial charge in [0.25, 0.3) is 5.91 Å². The van der Waals surface area contributed by atoms with Crippen LogP contribution in [0.4, 0.5) is 8.78 Å². The fourth-order valence-electron chi connectivity index (χ4n) is 2.71. The minimum absolute atomic E-state index is 0.0167. The molecule has 10 heteroatoms. The minimum Gasteiger partial charge on any atom is -0.352 e. The number of halogens is 2. The van der Waals surface area contributed by atoms with Crippen molar-refractivity contribution in [2.24, 2.45) is 0 Å². The lowest BCUT2D eigenvalue weighted by molar-refractivity contribution is -0.120. The predicted octanol–water partition coefficient (Wildman–Crippen LogP) is 2.54. The molecule has 1 aromatic heterocycles. The number of thiazole rings is 1. The van der Waals surface area contributed by atoms with Gasteiger partial charge in [-0.25, -0.2) is 13.5 Å². The average Bonchev–Trinajstić information content (AvgIpc) is 3.11. The number of nitrogens with one attached hydrogen (secondary N) is 4. The largest absolute Gasteiger partial charge is 0.352 e. The summed E-state index contributed by atoms with van der Waals surface area (Å²) in [6.45, 7) is 4.11. The first kappa shape index (κ1) is 22.9. The molecule has 32 heavy (non-hydrogen) atoms. The molecule has 0 aliphatic heterocycles. The number of hydrogen-bond acceptors (Lipinski definition) is 5. The van der Waals surface area contributed by atoms with Gasteiger partial charge in [-0.1, -0.05) is 30.8 Å². The Hall–Kier alpha value is -3.79. The van der Waals surface area contributed by atoms with Crippen LogP contribution >= 0.6 is 11.3 Å². The highest BCUT2D eigenvalue weighted by Crippen LogP contribution is 2.06. The number of nitrogens with zero attached hydrogens (tertiary/aromatic N) is 1. The quantitative estimate of drug-likeness (QED) is 0.372. The summed E-state index contributed by atoms with van der Waals surface area (Å²) in [5.74, 6) is -1.51. The van der Waals surface area contributed by atoms with Gasteiger partial charge >= 0.3 is 0 Å². The summed E-state index contributed by atoms with van der Waals surface area (Å²) in [4.78, 5) is 24.7. The van der Waals surface area contributed by atoms with Crippen molar-refractivity contribution >= 4 is 23.2 Å². The molecule has 0 saturated carbocycles. The molecular formula is C22H21F2N5O2S. The molecule has 7 nitrogen and oxygen atoms in total. The standard InChI is InChI=1S/C22H21F2N5O2S/c1-14(21(31)27-12-16-4-8-18(24)9-5-16)28-29-19(13-32-22(29)25)10-20(30)26-11-15-2-6-17(23)7-3-15/h2-9,13,25,28H,1,10-12H2,(H,26,30)(H,27,31). The van der Waals surface area contributed by atoms with Crippen molar-refractivity contribution < 1.29 is 18.4 Å². The molecule has 4 N–H and O–H groups in total. The first-order valence-electron chi connectivity index (χ1n) is 9.55. The SMILES string of the molecule is C=C(Nn1c(CC(=O)NCc2ccc(F)cc2)csc1=N)C(=O)NCc1ccc(F)cc1. The number of carbonyl (C=O) groups excluding carboxylic acids is 2. The van der Waals surface area contributed by atoms with E-state index >= 15 is 0 Å². The molecule has 0 saturated heterocycles. The van der Waals surface area contributed by atoms with Crippen LogP contribution in [0, 0.1) is 17.0 Å². The molecule has 0 aliphatic carbocycles. The van der Waals surface area contributed by atoms with E-state index in [4.69, 9.17) is 5.41 Å². The minimum atomic E-state index is -0.501. The number of rotatable bonds is 9. The Balaban J connectivity index is 1.54. The summed E-state index contributed by atoms with van der Waals surface area (Å²) < 4.78 is 27.2. The molecule has 2 aromatic carbocycles. The summed E-state index contributed by atoms with van der Waals surface area (Å²) >= 11 is 1.09. The Morgan fingerprint density at radius 1 is 0.938 bits per heavy atom. The monoisotopic (exact) mass is 457 g/mol. The summed E-state index contributed by atoms with van der Waals surface area (Å²) in [6, 6.07) is 11.5. The molecule has 3 aromatic rings. The van der Waals surface area contributed by atoms with Gasteiger partial charge in [-0.2, -0.15) is 0 Å². The Morgan fingerprint density at radius 3 is 2.03 bits per heavy atom. The maximum Gasteiger partial charge on any atom is 0.268 e. The third kappa shape index (κ3) is 6.35. The average molecular weight is 458 g/mol. The lowest BCUT2D eigenvalue weighted by Gasteiger charge is -2.14. The van der Waals surface area contributed by atoms with E-state index in [0.29, 0.717) is 5.69 Å². The zero-order chi connectivity index (χ0) is 23.1. The number of carbonyl (C=O) groups is 2. The van der Waals surface area contributed by atoms with Gasteiger partial charge in [0.1, 0.15) is 17.3 Å². The van der Waals surface area contributed by atoms with E-state index in [0.717, 1.165) is 22.5 Å². The summed E-state index contributed by atoms with van der Waals surface area (Å²) in [6.07, 6.45) is -0.0337. The highest BCUT2D eigenvalue weighted by molar-refractivity contribution is 7.07. The molecule has 0 fully saturated rings. The third-order valence-electron chi connectivity index (χ3n) is 4.43.